The van der Waals surface area contributed by atoms with Crippen molar-refractivity contribution in [2.24, 2.45) is 5.92 Å². The Hall–Kier alpha value is -2.10. The zero-order valence-electron chi connectivity index (χ0n) is 19.7. The highest BCUT2D eigenvalue weighted by Gasteiger charge is 2.45. The lowest BCUT2D eigenvalue weighted by molar-refractivity contribution is -0.153. The zero-order valence-corrected chi connectivity index (χ0v) is 19.7. The van der Waals surface area contributed by atoms with E-state index in [-0.39, 0.29) is 18.7 Å². The molecule has 2 aliphatic carbocycles. The van der Waals surface area contributed by atoms with E-state index in [1.807, 2.05) is 24.3 Å². The molecule has 2 aliphatic rings. The first-order chi connectivity index (χ1) is 15.6. The molecule has 0 saturated heterocycles. The van der Waals surface area contributed by atoms with Gasteiger partial charge < -0.3 is 19.1 Å². The largest absolute Gasteiger partial charge is 0.468 e. The molecular formula is C26H38N2O4. The summed E-state index contributed by atoms with van der Waals surface area (Å²) in [6, 6.07) is 10.2. The second-order valence-corrected chi connectivity index (χ2v) is 9.01. The van der Waals surface area contributed by atoms with Gasteiger partial charge in [-0.3, -0.25) is 4.79 Å². The van der Waals surface area contributed by atoms with Gasteiger partial charge in [0.25, 0.3) is 0 Å². The van der Waals surface area contributed by atoms with Gasteiger partial charge in [-0.2, -0.15) is 5.26 Å². The first-order valence-electron chi connectivity index (χ1n) is 12.3. The Labute approximate surface area is 192 Å². The van der Waals surface area contributed by atoms with Crippen LogP contribution in [-0.4, -0.2) is 50.0 Å². The van der Waals surface area contributed by atoms with E-state index in [2.05, 4.69) is 24.8 Å². The smallest absolute Gasteiger partial charge is 0.316 e. The molecule has 176 valence electrons. The van der Waals surface area contributed by atoms with Gasteiger partial charge in [0, 0.05) is 12.5 Å². The topological polar surface area (TPSA) is 71.8 Å². The fourth-order valence-electron chi connectivity index (χ4n) is 4.93. The molecule has 0 amide bonds. The molecule has 0 aliphatic heterocycles. The molecule has 6 heteroatoms. The summed E-state index contributed by atoms with van der Waals surface area (Å²) in [7, 11) is 0. The lowest BCUT2D eigenvalue weighted by Gasteiger charge is -2.37. The molecule has 0 spiro atoms. The molecule has 0 unspecified atom stereocenters. The SMILES string of the molecule is CCN(CC)CCOC(=O)C1(c2cccc(OCOC3CCCC3)c2)CCC(C#N)CC1. The van der Waals surface area contributed by atoms with Gasteiger partial charge in [-0.25, -0.2) is 0 Å². The molecule has 0 N–H and O–H groups in total. The highest BCUT2D eigenvalue weighted by atomic mass is 16.7. The second kappa shape index (κ2) is 12.2. The van der Waals surface area contributed by atoms with E-state index in [0.717, 1.165) is 38.0 Å². The number of esters is 1. The van der Waals surface area contributed by atoms with E-state index < -0.39 is 5.41 Å². The Morgan fingerprint density at radius 2 is 1.88 bits per heavy atom. The number of rotatable bonds is 11. The predicted molar refractivity (Wildman–Crippen MR) is 123 cm³/mol. The van der Waals surface area contributed by atoms with Crippen molar-refractivity contribution in [3.8, 4) is 11.8 Å². The van der Waals surface area contributed by atoms with E-state index in [0.29, 0.717) is 44.1 Å². The molecule has 0 atom stereocenters. The quantitative estimate of drug-likeness (QED) is 0.361. The van der Waals surface area contributed by atoms with Crippen molar-refractivity contribution >= 4 is 5.97 Å². The van der Waals surface area contributed by atoms with Crippen molar-refractivity contribution < 1.29 is 19.0 Å². The standard InChI is InChI=1S/C26H38N2O4/c1-3-28(4-2)16-17-30-25(29)26(14-12-21(19-27)13-15-26)22-8-7-11-24(18-22)32-20-31-23-9-5-6-10-23/h7-8,11,18,21,23H,3-6,9-10,12-17,20H2,1-2H3. The average Bonchev–Trinajstić information content (AvgIpc) is 3.35. The minimum atomic E-state index is -0.720. The van der Waals surface area contributed by atoms with E-state index in [4.69, 9.17) is 14.2 Å². The summed E-state index contributed by atoms with van der Waals surface area (Å²) < 4.78 is 17.5. The number of carbonyl (C=O) groups is 1. The third kappa shape index (κ3) is 6.24. The summed E-state index contributed by atoms with van der Waals surface area (Å²) in [5.41, 5.74) is 0.197. The van der Waals surface area contributed by atoms with Crippen LogP contribution in [0.15, 0.2) is 24.3 Å². The van der Waals surface area contributed by atoms with Gasteiger partial charge in [0.2, 0.25) is 0 Å². The van der Waals surface area contributed by atoms with Crippen molar-refractivity contribution in [3.63, 3.8) is 0 Å². The maximum absolute atomic E-state index is 13.4. The van der Waals surface area contributed by atoms with Crippen LogP contribution in [0.1, 0.15) is 70.8 Å². The number of ether oxygens (including phenoxy) is 3. The molecule has 2 fully saturated rings. The van der Waals surface area contributed by atoms with Gasteiger partial charge in [-0.05, 0) is 69.3 Å². The summed E-state index contributed by atoms with van der Waals surface area (Å²) in [6.45, 7) is 7.44. The second-order valence-electron chi connectivity index (χ2n) is 9.01. The number of likely N-dealkylation sites (N-methyl/N-ethyl adjacent to an activating group) is 1. The maximum Gasteiger partial charge on any atom is 0.316 e. The number of nitrogens with zero attached hydrogens (tertiary/aromatic N) is 2. The van der Waals surface area contributed by atoms with Crippen molar-refractivity contribution in [1.82, 2.24) is 4.90 Å². The molecule has 32 heavy (non-hydrogen) atoms. The Morgan fingerprint density at radius 3 is 2.53 bits per heavy atom. The number of carbonyl (C=O) groups excluding carboxylic acids is 1. The highest BCUT2D eigenvalue weighted by Crippen LogP contribution is 2.43. The van der Waals surface area contributed by atoms with Gasteiger partial charge in [-0.15, -0.1) is 0 Å². The third-order valence-electron chi connectivity index (χ3n) is 7.17. The monoisotopic (exact) mass is 442 g/mol. The van der Waals surface area contributed by atoms with Crippen molar-refractivity contribution in [2.45, 2.75) is 76.7 Å². The van der Waals surface area contributed by atoms with E-state index in [1.54, 1.807) is 0 Å². The van der Waals surface area contributed by atoms with Crippen LogP contribution in [0.4, 0.5) is 0 Å². The number of hydrogen-bond acceptors (Lipinski definition) is 6. The number of benzene rings is 1. The first-order valence-corrected chi connectivity index (χ1v) is 12.3. The van der Waals surface area contributed by atoms with E-state index in [1.165, 1.54) is 12.8 Å². The Bertz CT molecular complexity index is 757. The molecule has 0 bridgehead atoms. The first kappa shape index (κ1) is 24.5. The molecule has 0 aromatic heterocycles. The van der Waals surface area contributed by atoms with Gasteiger partial charge in [0.15, 0.2) is 6.79 Å². The van der Waals surface area contributed by atoms with Crippen LogP contribution < -0.4 is 4.74 Å². The van der Waals surface area contributed by atoms with Crippen LogP contribution in [-0.2, 0) is 19.7 Å². The average molecular weight is 443 g/mol. The molecule has 0 heterocycles. The fourth-order valence-corrected chi connectivity index (χ4v) is 4.93. The molecule has 1 aromatic rings. The summed E-state index contributed by atoms with van der Waals surface area (Å²) in [5.74, 6) is 0.532. The van der Waals surface area contributed by atoms with Crippen molar-refractivity contribution in [1.29, 1.82) is 5.26 Å². The summed E-state index contributed by atoms with van der Waals surface area (Å²) in [5, 5.41) is 9.35. The van der Waals surface area contributed by atoms with Crippen LogP contribution in [0.2, 0.25) is 0 Å². The minimum absolute atomic E-state index is 0.00541. The zero-order chi connectivity index (χ0) is 22.8. The van der Waals surface area contributed by atoms with Crippen LogP contribution in [0.5, 0.6) is 5.75 Å². The summed E-state index contributed by atoms with van der Waals surface area (Å²) in [4.78, 5) is 15.6. The highest BCUT2D eigenvalue weighted by molar-refractivity contribution is 5.83. The van der Waals surface area contributed by atoms with Gasteiger partial charge >= 0.3 is 5.97 Å². The van der Waals surface area contributed by atoms with Gasteiger partial charge in [0.05, 0.1) is 17.6 Å². The number of hydrogen-bond donors (Lipinski definition) is 0. The third-order valence-corrected chi connectivity index (χ3v) is 7.17. The van der Waals surface area contributed by atoms with Gasteiger partial charge in [-0.1, -0.05) is 38.8 Å². The Kier molecular flexibility index (Phi) is 9.37. The summed E-state index contributed by atoms with van der Waals surface area (Å²) in [6.07, 6.45) is 7.61. The van der Waals surface area contributed by atoms with Crippen LogP contribution >= 0.6 is 0 Å². The normalized spacial score (nSPS) is 23.8. The fraction of sp³-hybridized carbons (Fsp3) is 0.692. The molecule has 6 nitrogen and oxygen atoms in total. The Morgan fingerprint density at radius 1 is 1.16 bits per heavy atom. The van der Waals surface area contributed by atoms with Gasteiger partial charge in [0.1, 0.15) is 12.4 Å². The predicted octanol–water partition coefficient (Wildman–Crippen LogP) is 4.82. The summed E-state index contributed by atoms with van der Waals surface area (Å²) >= 11 is 0. The number of nitriles is 1. The van der Waals surface area contributed by atoms with E-state index in [9.17, 15) is 10.1 Å². The lowest BCUT2D eigenvalue weighted by Crippen LogP contribution is -2.42. The molecule has 3 rings (SSSR count). The van der Waals surface area contributed by atoms with E-state index >= 15 is 0 Å². The maximum atomic E-state index is 13.4. The molecular weight excluding hydrogens is 404 g/mol. The van der Waals surface area contributed by atoms with Crippen LogP contribution in [0.3, 0.4) is 0 Å². The van der Waals surface area contributed by atoms with Crippen LogP contribution in [0.25, 0.3) is 0 Å². The van der Waals surface area contributed by atoms with Crippen LogP contribution in [0, 0.1) is 17.2 Å². The lowest BCUT2D eigenvalue weighted by atomic mass is 9.67. The molecule has 2 saturated carbocycles. The minimum Gasteiger partial charge on any atom is -0.468 e. The molecule has 1 aromatic carbocycles. The van der Waals surface area contributed by atoms with Crippen molar-refractivity contribution in [3.05, 3.63) is 29.8 Å². The van der Waals surface area contributed by atoms with Crippen molar-refractivity contribution in [2.75, 3.05) is 33.0 Å². The molecule has 0 radical (unpaired) electrons. The Balaban J connectivity index is 1.69.